The van der Waals surface area contributed by atoms with Crippen LogP contribution in [0.15, 0.2) is 47.8 Å². The van der Waals surface area contributed by atoms with Crippen LogP contribution >= 0.6 is 11.3 Å². The number of fused-ring (bicyclic) bond motifs is 1. The molecule has 1 aromatic heterocycles. The average molecular weight is 440 g/mol. The van der Waals surface area contributed by atoms with Crippen molar-refractivity contribution < 1.29 is 18.7 Å². The van der Waals surface area contributed by atoms with Crippen LogP contribution in [0.4, 0.5) is 15.8 Å². The third-order valence-corrected chi connectivity index (χ3v) is 5.84. The standard InChI is InChI=1S/C23H22FN3O3S/c1-3-6-22-26-18(13-31-22)15-9-10-20-19(11-15)27(23(29)14(2)30-20)12-21(28)25-17-8-5-4-7-16(17)24/h4-5,7-11,13-14H,3,6,12H2,1-2H3,(H,25,28). The Hall–Kier alpha value is -3.26. The number of rotatable bonds is 6. The molecule has 1 aliphatic heterocycles. The molecular formula is C23H22FN3O3S. The smallest absolute Gasteiger partial charge is 0.268 e. The molecule has 8 heteroatoms. The first-order chi connectivity index (χ1) is 15.0. The number of benzene rings is 2. The van der Waals surface area contributed by atoms with E-state index >= 15 is 0 Å². The van der Waals surface area contributed by atoms with Crippen molar-refractivity contribution in [3.05, 3.63) is 58.7 Å². The van der Waals surface area contributed by atoms with E-state index in [-0.39, 0.29) is 18.1 Å². The topological polar surface area (TPSA) is 71.5 Å². The third kappa shape index (κ3) is 4.44. The number of nitrogens with zero attached hydrogens (tertiary/aromatic N) is 2. The third-order valence-electron chi connectivity index (χ3n) is 4.93. The maximum Gasteiger partial charge on any atom is 0.268 e. The number of aryl methyl sites for hydroxylation is 1. The highest BCUT2D eigenvalue weighted by Crippen LogP contribution is 2.37. The van der Waals surface area contributed by atoms with Crippen LogP contribution < -0.4 is 15.0 Å². The highest BCUT2D eigenvalue weighted by molar-refractivity contribution is 7.09. The number of carbonyl (C=O) groups is 2. The number of aromatic nitrogens is 1. The van der Waals surface area contributed by atoms with Gasteiger partial charge in [-0.25, -0.2) is 9.37 Å². The van der Waals surface area contributed by atoms with Crippen LogP contribution in [-0.2, 0) is 16.0 Å². The van der Waals surface area contributed by atoms with Crippen molar-refractivity contribution in [3.63, 3.8) is 0 Å². The van der Waals surface area contributed by atoms with Gasteiger partial charge in [0.05, 0.1) is 22.1 Å². The molecule has 6 nitrogen and oxygen atoms in total. The number of nitrogens with one attached hydrogen (secondary N) is 1. The minimum Gasteiger partial charge on any atom is -0.479 e. The van der Waals surface area contributed by atoms with Gasteiger partial charge in [-0.1, -0.05) is 19.1 Å². The molecule has 31 heavy (non-hydrogen) atoms. The predicted octanol–water partition coefficient (Wildman–Crippen LogP) is 4.65. The zero-order valence-corrected chi connectivity index (χ0v) is 18.0. The van der Waals surface area contributed by atoms with E-state index in [4.69, 9.17) is 4.74 Å². The summed E-state index contributed by atoms with van der Waals surface area (Å²) in [6.07, 6.45) is 1.20. The number of anilines is 2. The minimum absolute atomic E-state index is 0.0705. The van der Waals surface area contributed by atoms with Gasteiger partial charge in [0, 0.05) is 10.9 Å². The molecule has 1 unspecified atom stereocenters. The Morgan fingerprint density at radius 2 is 2.10 bits per heavy atom. The van der Waals surface area contributed by atoms with Crippen LogP contribution in [0.25, 0.3) is 11.3 Å². The predicted molar refractivity (Wildman–Crippen MR) is 119 cm³/mol. The lowest BCUT2D eigenvalue weighted by molar-refractivity contribution is -0.127. The van der Waals surface area contributed by atoms with Crippen molar-refractivity contribution in [3.8, 4) is 17.0 Å². The number of hydrogen-bond donors (Lipinski definition) is 1. The van der Waals surface area contributed by atoms with E-state index < -0.39 is 17.8 Å². The summed E-state index contributed by atoms with van der Waals surface area (Å²) in [4.78, 5) is 31.5. The first-order valence-electron chi connectivity index (χ1n) is 10.1. The van der Waals surface area contributed by atoms with Gasteiger partial charge in [-0.2, -0.15) is 0 Å². The van der Waals surface area contributed by atoms with Crippen molar-refractivity contribution in [1.29, 1.82) is 0 Å². The summed E-state index contributed by atoms with van der Waals surface area (Å²) in [6.45, 7) is 3.49. The highest BCUT2D eigenvalue weighted by Gasteiger charge is 2.33. The molecule has 0 bridgehead atoms. The van der Waals surface area contributed by atoms with Gasteiger partial charge in [-0.15, -0.1) is 11.3 Å². The average Bonchev–Trinajstić information content (AvgIpc) is 3.22. The van der Waals surface area contributed by atoms with Crippen molar-refractivity contribution in [2.24, 2.45) is 0 Å². The van der Waals surface area contributed by atoms with Crippen molar-refractivity contribution in [1.82, 2.24) is 4.98 Å². The lowest BCUT2D eigenvalue weighted by Crippen LogP contribution is -2.47. The SMILES string of the molecule is CCCc1nc(-c2ccc3c(c2)N(CC(=O)Nc2ccccc2F)C(=O)C(C)O3)cs1. The highest BCUT2D eigenvalue weighted by atomic mass is 32.1. The summed E-state index contributed by atoms with van der Waals surface area (Å²) in [5.74, 6) is -0.855. The monoisotopic (exact) mass is 439 g/mol. The Bertz CT molecular complexity index is 1130. The number of ether oxygens (including phenoxy) is 1. The first kappa shape index (κ1) is 21.0. The lowest BCUT2D eigenvalue weighted by atomic mass is 10.1. The van der Waals surface area contributed by atoms with Gasteiger partial charge in [-0.05, 0) is 50.1 Å². The van der Waals surface area contributed by atoms with E-state index in [1.165, 1.54) is 17.0 Å². The molecule has 2 amide bonds. The van der Waals surface area contributed by atoms with Gasteiger partial charge in [0.1, 0.15) is 18.1 Å². The molecule has 160 valence electrons. The van der Waals surface area contributed by atoms with Gasteiger partial charge in [0.2, 0.25) is 5.91 Å². The van der Waals surface area contributed by atoms with E-state index in [9.17, 15) is 14.0 Å². The molecule has 1 N–H and O–H groups in total. The summed E-state index contributed by atoms with van der Waals surface area (Å²) in [5, 5.41) is 5.56. The molecule has 2 heterocycles. The van der Waals surface area contributed by atoms with Gasteiger partial charge in [0.25, 0.3) is 5.91 Å². The Balaban J connectivity index is 1.61. The van der Waals surface area contributed by atoms with Gasteiger partial charge < -0.3 is 10.1 Å². The molecule has 3 aromatic rings. The van der Waals surface area contributed by atoms with Gasteiger partial charge in [0.15, 0.2) is 6.10 Å². The van der Waals surface area contributed by atoms with Gasteiger partial charge in [-0.3, -0.25) is 14.5 Å². The quantitative estimate of drug-likeness (QED) is 0.607. The van der Waals surface area contributed by atoms with E-state index in [2.05, 4.69) is 17.2 Å². The fourth-order valence-electron chi connectivity index (χ4n) is 3.40. The summed E-state index contributed by atoms with van der Waals surface area (Å²) in [6, 6.07) is 11.4. The Labute approximate surface area is 183 Å². The molecule has 0 saturated carbocycles. The number of hydrogen-bond acceptors (Lipinski definition) is 5. The normalized spacial score (nSPS) is 15.4. The summed E-state index contributed by atoms with van der Waals surface area (Å²) >= 11 is 1.60. The number of carbonyl (C=O) groups excluding carboxylic acids is 2. The van der Waals surface area contributed by atoms with Crippen molar-refractivity contribution >= 4 is 34.5 Å². The summed E-state index contributed by atoms with van der Waals surface area (Å²) in [5.41, 5.74) is 2.22. The summed E-state index contributed by atoms with van der Waals surface area (Å²) < 4.78 is 19.6. The molecule has 0 fully saturated rings. The molecule has 4 rings (SSSR count). The Morgan fingerprint density at radius 1 is 1.29 bits per heavy atom. The number of amides is 2. The fourth-order valence-corrected chi connectivity index (χ4v) is 4.31. The zero-order valence-electron chi connectivity index (χ0n) is 17.2. The van der Waals surface area contributed by atoms with Crippen LogP contribution in [0.5, 0.6) is 5.75 Å². The molecule has 0 aliphatic carbocycles. The van der Waals surface area contributed by atoms with E-state index in [1.807, 2.05) is 11.4 Å². The van der Waals surface area contributed by atoms with E-state index in [1.54, 1.807) is 42.5 Å². The first-order valence-corrected chi connectivity index (χ1v) is 11.0. The second-order valence-electron chi connectivity index (χ2n) is 7.27. The molecule has 1 aliphatic rings. The number of thiazole rings is 1. The Morgan fingerprint density at radius 3 is 2.87 bits per heavy atom. The van der Waals surface area contributed by atoms with Crippen LogP contribution in [0, 0.1) is 5.82 Å². The molecule has 0 spiro atoms. The number of para-hydroxylation sites is 1. The molecule has 0 saturated heterocycles. The van der Waals surface area contributed by atoms with E-state index in [0.717, 1.165) is 29.1 Å². The Kier molecular flexibility index (Phi) is 5.99. The maximum absolute atomic E-state index is 13.9. The van der Waals surface area contributed by atoms with Crippen LogP contribution in [0.3, 0.4) is 0 Å². The van der Waals surface area contributed by atoms with Crippen LogP contribution in [-0.4, -0.2) is 29.4 Å². The zero-order chi connectivity index (χ0) is 22.0. The molecule has 0 radical (unpaired) electrons. The maximum atomic E-state index is 13.9. The second-order valence-corrected chi connectivity index (χ2v) is 8.21. The largest absolute Gasteiger partial charge is 0.479 e. The lowest BCUT2D eigenvalue weighted by Gasteiger charge is -2.32. The minimum atomic E-state index is -0.727. The van der Waals surface area contributed by atoms with Crippen molar-refractivity contribution in [2.75, 3.05) is 16.8 Å². The van der Waals surface area contributed by atoms with Gasteiger partial charge >= 0.3 is 0 Å². The van der Waals surface area contributed by atoms with E-state index in [0.29, 0.717) is 11.4 Å². The second kappa shape index (κ2) is 8.85. The number of halogens is 1. The van der Waals surface area contributed by atoms with Crippen LogP contribution in [0.2, 0.25) is 0 Å². The molecule has 1 atom stereocenters. The molecular weight excluding hydrogens is 417 g/mol. The van der Waals surface area contributed by atoms with Crippen LogP contribution in [0.1, 0.15) is 25.3 Å². The molecule has 2 aromatic carbocycles. The fraction of sp³-hybridized carbons (Fsp3) is 0.261. The van der Waals surface area contributed by atoms with Crippen molar-refractivity contribution in [2.45, 2.75) is 32.8 Å². The summed E-state index contributed by atoms with van der Waals surface area (Å²) in [7, 11) is 0.